The van der Waals surface area contributed by atoms with Crippen LogP contribution in [0.5, 0.6) is 0 Å². The maximum Gasteiger partial charge on any atom is 0.261 e. The Labute approximate surface area is 164 Å². The molecule has 2 heterocycles. The van der Waals surface area contributed by atoms with Gasteiger partial charge in [0.15, 0.2) is 0 Å². The molecule has 0 saturated carbocycles. The molecule has 0 aliphatic rings. The maximum absolute atomic E-state index is 12.8. The third-order valence-electron chi connectivity index (χ3n) is 4.82. The Bertz CT molecular complexity index is 1290. The Morgan fingerprint density at radius 3 is 2.54 bits per heavy atom. The third-order valence-corrected chi connectivity index (χ3v) is 6.20. The van der Waals surface area contributed by atoms with Crippen molar-refractivity contribution in [3.8, 4) is 11.3 Å². The molecule has 0 saturated heterocycles. The number of imidazole rings is 1. The van der Waals surface area contributed by atoms with Gasteiger partial charge in [-0.05, 0) is 62.2 Å². The molecule has 0 aliphatic heterocycles. The number of fused-ring (bicyclic) bond motifs is 1. The van der Waals surface area contributed by atoms with Gasteiger partial charge in [-0.3, -0.25) is 9.12 Å². The molecule has 0 spiro atoms. The molecule has 142 valence electrons. The number of hydrogen-bond acceptors (Lipinski definition) is 4. The first-order chi connectivity index (χ1) is 13.3. The Balaban J connectivity index is 1.70. The highest BCUT2D eigenvalue weighted by Crippen LogP contribution is 2.27. The van der Waals surface area contributed by atoms with Crippen molar-refractivity contribution in [3.63, 3.8) is 0 Å². The number of aryl methyl sites for hydroxylation is 3. The highest BCUT2D eigenvalue weighted by molar-refractivity contribution is 7.92. The summed E-state index contributed by atoms with van der Waals surface area (Å²) in [4.78, 5) is 9.08. The van der Waals surface area contributed by atoms with Crippen LogP contribution in [0, 0.1) is 20.8 Å². The zero-order valence-electron chi connectivity index (χ0n) is 15.8. The van der Waals surface area contributed by atoms with E-state index in [9.17, 15) is 8.42 Å². The van der Waals surface area contributed by atoms with Crippen molar-refractivity contribution in [1.82, 2.24) is 14.4 Å². The molecule has 2 aromatic carbocycles. The number of sulfonamides is 1. The average molecular weight is 392 g/mol. The number of rotatable bonds is 4. The first-order valence-corrected chi connectivity index (χ1v) is 10.3. The van der Waals surface area contributed by atoms with E-state index in [1.165, 1.54) is 0 Å². The second-order valence-electron chi connectivity index (χ2n) is 6.77. The fraction of sp³-hybridized carbons (Fsp3) is 0.143. The molecule has 0 unspecified atom stereocenters. The van der Waals surface area contributed by atoms with Gasteiger partial charge in [-0.15, -0.1) is 0 Å². The van der Waals surface area contributed by atoms with Crippen LogP contribution in [-0.4, -0.2) is 22.8 Å². The van der Waals surface area contributed by atoms with Crippen molar-refractivity contribution in [2.45, 2.75) is 25.7 Å². The van der Waals surface area contributed by atoms with Crippen LogP contribution in [0.15, 0.2) is 65.8 Å². The maximum atomic E-state index is 12.8. The van der Waals surface area contributed by atoms with Crippen molar-refractivity contribution in [3.05, 3.63) is 77.7 Å². The SMILES string of the molecule is Cc1ccc(S(=O)(=O)Nc2cccc(-c3nc4ncccn4c3C)c2)cc1C. The first-order valence-electron chi connectivity index (χ1n) is 8.85. The normalized spacial score (nSPS) is 11.7. The van der Waals surface area contributed by atoms with Crippen LogP contribution < -0.4 is 4.72 Å². The fourth-order valence-electron chi connectivity index (χ4n) is 3.10. The predicted molar refractivity (Wildman–Crippen MR) is 110 cm³/mol. The topological polar surface area (TPSA) is 76.4 Å². The summed E-state index contributed by atoms with van der Waals surface area (Å²) < 4.78 is 30.1. The van der Waals surface area contributed by atoms with E-state index in [-0.39, 0.29) is 4.90 Å². The summed E-state index contributed by atoms with van der Waals surface area (Å²) in [6.07, 6.45) is 3.60. The Kier molecular flexibility index (Phi) is 4.39. The lowest BCUT2D eigenvalue weighted by Crippen LogP contribution is -2.13. The smallest absolute Gasteiger partial charge is 0.261 e. The zero-order valence-corrected chi connectivity index (χ0v) is 16.7. The van der Waals surface area contributed by atoms with E-state index in [0.717, 1.165) is 28.1 Å². The molecular weight excluding hydrogens is 372 g/mol. The summed E-state index contributed by atoms with van der Waals surface area (Å²) >= 11 is 0. The predicted octanol–water partition coefficient (Wildman–Crippen LogP) is 4.12. The number of nitrogens with one attached hydrogen (secondary N) is 1. The molecule has 0 atom stereocenters. The van der Waals surface area contributed by atoms with Gasteiger partial charge in [-0.25, -0.2) is 18.4 Å². The summed E-state index contributed by atoms with van der Waals surface area (Å²) in [6.45, 7) is 5.81. The van der Waals surface area contributed by atoms with E-state index in [4.69, 9.17) is 0 Å². The van der Waals surface area contributed by atoms with Gasteiger partial charge in [0.2, 0.25) is 5.78 Å². The first kappa shape index (κ1) is 18.2. The van der Waals surface area contributed by atoms with Crippen molar-refractivity contribution < 1.29 is 8.42 Å². The van der Waals surface area contributed by atoms with Crippen LogP contribution in [0.1, 0.15) is 16.8 Å². The number of anilines is 1. The van der Waals surface area contributed by atoms with Crippen molar-refractivity contribution >= 4 is 21.5 Å². The number of aromatic nitrogens is 3. The lowest BCUT2D eigenvalue weighted by molar-refractivity contribution is 0.601. The summed E-state index contributed by atoms with van der Waals surface area (Å²) in [7, 11) is -3.67. The van der Waals surface area contributed by atoms with Gasteiger partial charge in [0.05, 0.1) is 10.6 Å². The lowest BCUT2D eigenvalue weighted by atomic mass is 10.1. The van der Waals surface area contributed by atoms with E-state index < -0.39 is 10.0 Å². The number of hydrogen-bond donors (Lipinski definition) is 1. The van der Waals surface area contributed by atoms with Gasteiger partial charge in [-0.2, -0.15) is 0 Å². The molecule has 6 nitrogen and oxygen atoms in total. The van der Waals surface area contributed by atoms with Crippen LogP contribution in [-0.2, 0) is 10.0 Å². The molecule has 2 aromatic heterocycles. The van der Waals surface area contributed by atoms with Crippen LogP contribution >= 0.6 is 0 Å². The quantitative estimate of drug-likeness (QED) is 0.567. The van der Waals surface area contributed by atoms with Gasteiger partial charge in [-0.1, -0.05) is 18.2 Å². The van der Waals surface area contributed by atoms with Gasteiger partial charge < -0.3 is 0 Å². The zero-order chi connectivity index (χ0) is 19.9. The van der Waals surface area contributed by atoms with Crippen molar-refractivity contribution in [1.29, 1.82) is 0 Å². The van der Waals surface area contributed by atoms with Gasteiger partial charge in [0, 0.05) is 29.3 Å². The Hall–Kier alpha value is -3.19. The van der Waals surface area contributed by atoms with Crippen LogP contribution in [0.3, 0.4) is 0 Å². The largest absolute Gasteiger partial charge is 0.288 e. The second kappa shape index (κ2) is 6.76. The Morgan fingerprint density at radius 1 is 0.964 bits per heavy atom. The van der Waals surface area contributed by atoms with Gasteiger partial charge in [0.1, 0.15) is 0 Å². The van der Waals surface area contributed by atoms with E-state index in [1.54, 1.807) is 30.5 Å². The number of nitrogens with zero attached hydrogens (tertiary/aromatic N) is 3. The lowest BCUT2D eigenvalue weighted by Gasteiger charge is -2.11. The molecule has 0 fully saturated rings. The Morgan fingerprint density at radius 2 is 1.79 bits per heavy atom. The summed E-state index contributed by atoms with van der Waals surface area (Å²) in [5.41, 5.74) is 5.01. The van der Waals surface area contributed by atoms with Crippen LogP contribution in [0.25, 0.3) is 17.0 Å². The van der Waals surface area contributed by atoms with Crippen LogP contribution in [0.4, 0.5) is 5.69 Å². The highest BCUT2D eigenvalue weighted by atomic mass is 32.2. The van der Waals surface area contributed by atoms with E-state index in [0.29, 0.717) is 11.5 Å². The monoisotopic (exact) mass is 392 g/mol. The van der Waals surface area contributed by atoms with Crippen molar-refractivity contribution in [2.75, 3.05) is 4.72 Å². The minimum Gasteiger partial charge on any atom is -0.288 e. The van der Waals surface area contributed by atoms with E-state index >= 15 is 0 Å². The molecule has 4 rings (SSSR count). The minimum atomic E-state index is -3.67. The van der Waals surface area contributed by atoms with E-state index in [2.05, 4.69) is 14.7 Å². The summed E-state index contributed by atoms with van der Waals surface area (Å²) in [6, 6.07) is 14.2. The standard InChI is InChI=1S/C21H20N4O2S/c1-14-8-9-19(12-15(14)2)28(26,27)24-18-7-4-6-17(13-18)20-16(3)25-11-5-10-22-21(25)23-20/h4-13,24H,1-3H3. The van der Waals surface area contributed by atoms with Crippen molar-refractivity contribution in [2.24, 2.45) is 0 Å². The van der Waals surface area contributed by atoms with Gasteiger partial charge in [0.25, 0.3) is 10.0 Å². The molecular formula is C21H20N4O2S. The fourth-order valence-corrected chi connectivity index (χ4v) is 4.24. The molecule has 28 heavy (non-hydrogen) atoms. The van der Waals surface area contributed by atoms with Crippen LogP contribution in [0.2, 0.25) is 0 Å². The summed E-state index contributed by atoms with van der Waals surface area (Å²) in [5, 5.41) is 0. The molecule has 0 aliphatic carbocycles. The molecule has 1 N–H and O–H groups in total. The number of benzene rings is 2. The van der Waals surface area contributed by atoms with E-state index in [1.807, 2.05) is 55.6 Å². The average Bonchev–Trinajstić information content (AvgIpc) is 3.01. The highest BCUT2D eigenvalue weighted by Gasteiger charge is 2.16. The van der Waals surface area contributed by atoms with Gasteiger partial charge >= 0.3 is 0 Å². The minimum absolute atomic E-state index is 0.245. The molecule has 0 bridgehead atoms. The molecule has 7 heteroatoms. The second-order valence-corrected chi connectivity index (χ2v) is 8.45. The summed E-state index contributed by atoms with van der Waals surface area (Å²) in [5.74, 6) is 0.608. The molecule has 4 aromatic rings. The third kappa shape index (κ3) is 3.25. The molecule has 0 radical (unpaired) electrons. The molecule has 0 amide bonds.